The third kappa shape index (κ3) is 4.04. The Kier molecular flexibility index (Phi) is 4.98. The van der Waals surface area contributed by atoms with Crippen molar-refractivity contribution in [1.29, 1.82) is 0 Å². The number of esters is 1. The molecule has 1 aliphatic rings. The molecule has 0 atom stereocenters. The molecule has 1 aliphatic heterocycles. The maximum atomic E-state index is 12.8. The van der Waals surface area contributed by atoms with Gasteiger partial charge in [-0.15, -0.1) is 0 Å². The van der Waals surface area contributed by atoms with E-state index in [0.717, 1.165) is 37.8 Å². The molecule has 0 N–H and O–H groups in total. The van der Waals surface area contributed by atoms with Gasteiger partial charge in [-0.05, 0) is 44.4 Å². The van der Waals surface area contributed by atoms with Crippen LogP contribution in [0.1, 0.15) is 41.1 Å². The normalized spacial score (nSPS) is 14.5. The van der Waals surface area contributed by atoms with Gasteiger partial charge in [0.05, 0.1) is 11.9 Å². The lowest BCUT2D eigenvalue weighted by molar-refractivity contribution is 0.0460. The summed E-state index contributed by atoms with van der Waals surface area (Å²) >= 11 is 0. The number of piperidine rings is 1. The zero-order chi connectivity index (χ0) is 16.9. The zero-order valence-electron chi connectivity index (χ0n) is 13.5. The summed E-state index contributed by atoms with van der Waals surface area (Å²) < 4.78 is 18.0. The van der Waals surface area contributed by atoms with Crippen LogP contribution in [-0.4, -0.2) is 34.0 Å². The molecule has 3 heterocycles. The van der Waals surface area contributed by atoms with Crippen molar-refractivity contribution in [3.63, 3.8) is 0 Å². The van der Waals surface area contributed by atoms with Crippen molar-refractivity contribution in [2.24, 2.45) is 0 Å². The number of aromatic nitrogens is 3. The first kappa shape index (κ1) is 16.3. The summed E-state index contributed by atoms with van der Waals surface area (Å²) in [7, 11) is 0. The fourth-order valence-corrected chi connectivity index (χ4v) is 2.64. The number of rotatable bonds is 4. The number of hydrogen-bond acceptors (Lipinski definition) is 6. The van der Waals surface area contributed by atoms with Crippen LogP contribution in [0, 0.1) is 12.7 Å². The third-order valence-electron chi connectivity index (χ3n) is 3.82. The SMILES string of the molecule is Cc1cc(COC(=O)c2ccc(F)cn2)nc(N2CCCCC2)n1. The van der Waals surface area contributed by atoms with E-state index in [1.165, 1.54) is 18.6 Å². The molecule has 2 aromatic rings. The molecule has 0 unspecified atom stereocenters. The highest BCUT2D eigenvalue weighted by atomic mass is 19.1. The number of anilines is 1. The van der Waals surface area contributed by atoms with Crippen LogP contribution >= 0.6 is 0 Å². The Hall–Kier alpha value is -2.57. The number of pyridine rings is 1. The van der Waals surface area contributed by atoms with Crippen molar-refractivity contribution in [1.82, 2.24) is 15.0 Å². The van der Waals surface area contributed by atoms with Gasteiger partial charge in [-0.2, -0.15) is 0 Å². The Morgan fingerprint density at radius 3 is 2.75 bits per heavy atom. The third-order valence-corrected chi connectivity index (χ3v) is 3.82. The molecular weight excluding hydrogens is 311 g/mol. The minimum absolute atomic E-state index is 0.0299. The Labute approximate surface area is 139 Å². The average molecular weight is 330 g/mol. The van der Waals surface area contributed by atoms with Crippen LogP contribution in [0.5, 0.6) is 0 Å². The van der Waals surface area contributed by atoms with E-state index < -0.39 is 11.8 Å². The predicted octanol–water partition coefficient (Wildman–Crippen LogP) is 2.67. The molecule has 24 heavy (non-hydrogen) atoms. The Morgan fingerprint density at radius 2 is 2.04 bits per heavy atom. The quantitative estimate of drug-likeness (QED) is 0.803. The van der Waals surface area contributed by atoms with E-state index in [9.17, 15) is 9.18 Å². The highest BCUT2D eigenvalue weighted by Gasteiger charge is 2.16. The molecule has 0 saturated carbocycles. The van der Waals surface area contributed by atoms with Crippen LogP contribution < -0.4 is 4.90 Å². The molecule has 1 saturated heterocycles. The Balaban J connectivity index is 1.67. The summed E-state index contributed by atoms with van der Waals surface area (Å²) in [6.45, 7) is 3.81. The van der Waals surface area contributed by atoms with Crippen molar-refractivity contribution < 1.29 is 13.9 Å². The summed E-state index contributed by atoms with van der Waals surface area (Å²) in [4.78, 5) is 26.8. The fraction of sp³-hybridized carbons (Fsp3) is 0.412. The molecule has 0 amide bonds. The molecule has 3 rings (SSSR count). The number of nitrogens with zero attached hydrogens (tertiary/aromatic N) is 4. The Morgan fingerprint density at radius 1 is 1.25 bits per heavy atom. The second-order valence-corrected chi connectivity index (χ2v) is 5.79. The molecule has 126 valence electrons. The molecule has 0 aromatic carbocycles. The van der Waals surface area contributed by atoms with E-state index in [0.29, 0.717) is 11.6 Å². The van der Waals surface area contributed by atoms with E-state index in [-0.39, 0.29) is 12.3 Å². The summed E-state index contributed by atoms with van der Waals surface area (Å²) in [5, 5.41) is 0. The first-order valence-electron chi connectivity index (χ1n) is 8.00. The fourth-order valence-electron chi connectivity index (χ4n) is 2.64. The standard InChI is InChI=1S/C17H19FN4O2/c1-12-9-14(21-17(20-12)22-7-3-2-4-8-22)11-24-16(23)15-6-5-13(18)10-19-15/h5-6,9-10H,2-4,7-8,11H2,1H3. The van der Waals surface area contributed by atoms with Crippen molar-refractivity contribution in [2.75, 3.05) is 18.0 Å². The van der Waals surface area contributed by atoms with Gasteiger partial charge in [-0.3, -0.25) is 0 Å². The number of ether oxygens (including phenoxy) is 1. The van der Waals surface area contributed by atoms with Crippen LogP contribution in [0.2, 0.25) is 0 Å². The van der Waals surface area contributed by atoms with Crippen LogP contribution in [0.15, 0.2) is 24.4 Å². The zero-order valence-corrected chi connectivity index (χ0v) is 13.5. The Bertz CT molecular complexity index is 715. The molecule has 0 bridgehead atoms. The van der Waals surface area contributed by atoms with Crippen molar-refractivity contribution in [2.45, 2.75) is 32.8 Å². The largest absolute Gasteiger partial charge is 0.454 e. The van der Waals surface area contributed by atoms with Gasteiger partial charge < -0.3 is 9.64 Å². The van der Waals surface area contributed by atoms with E-state index in [1.54, 1.807) is 6.07 Å². The van der Waals surface area contributed by atoms with Crippen LogP contribution in [0.3, 0.4) is 0 Å². The molecule has 0 spiro atoms. The van der Waals surface area contributed by atoms with Crippen LogP contribution in [-0.2, 0) is 11.3 Å². The predicted molar refractivity (Wildman–Crippen MR) is 86.1 cm³/mol. The highest BCUT2D eigenvalue weighted by molar-refractivity contribution is 5.87. The van der Waals surface area contributed by atoms with Gasteiger partial charge in [-0.1, -0.05) is 0 Å². The molecule has 7 heteroatoms. The van der Waals surface area contributed by atoms with E-state index >= 15 is 0 Å². The second kappa shape index (κ2) is 7.33. The highest BCUT2D eigenvalue weighted by Crippen LogP contribution is 2.17. The van der Waals surface area contributed by atoms with Gasteiger partial charge >= 0.3 is 5.97 Å². The second-order valence-electron chi connectivity index (χ2n) is 5.79. The minimum Gasteiger partial charge on any atom is -0.454 e. The van der Waals surface area contributed by atoms with E-state index in [2.05, 4.69) is 19.9 Å². The van der Waals surface area contributed by atoms with E-state index in [1.807, 2.05) is 6.92 Å². The summed E-state index contributed by atoms with van der Waals surface area (Å²) in [5.41, 5.74) is 1.54. The topological polar surface area (TPSA) is 68.2 Å². The van der Waals surface area contributed by atoms with Gasteiger partial charge in [0.15, 0.2) is 0 Å². The van der Waals surface area contributed by atoms with Crippen LogP contribution in [0.4, 0.5) is 10.3 Å². The van der Waals surface area contributed by atoms with Gasteiger partial charge in [0.1, 0.15) is 18.1 Å². The molecule has 1 fully saturated rings. The van der Waals surface area contributed by atoms with Crippen LogP contribution in [0.25, 0.3) is 0 Å². The minimum atomic E-state index is -0.606. The maximum Gasteiger partial charge on any atom is 0.357 e. The molecule has 0 radical (unpaired) electrons. The molecule has 0 aliphatic carbocycles. The average Bonchev–Trinajstić information content (AvgIpc) is 2.60. The lowest BCUT2D eigenvalue weighted by Gasteiger charge is -2.27. The molecular formula is C17H19FN4O2. The monoisotopic (exact) mass is 330 g/mol. The lowest BCUT2D eigenvalue weighted by atomic mass is 10.1. The molecule has 2 aromatic heterocycles. The van der Waals surface area contributed by atoms with Gasteiger partial charge in [0.25, 0.3) is 0 Å². The van der Waals surface area contributed by atoms with Crippen molar-refractivity contribution in [3.05, 3.63) is 47.3 Å². The van der Waals surface area contributed by atoms with Gasteiger partial charge in [0, 0.05) is 18.8 Å². The van der Waals surface area contributed by atoms with Gasteiger partial charge in [-0.25, -0.2) is 24.1 Å². The maximum absolute atomic E-state index is 12.8. The first-order valence-corrected chi connectivity index (χ1v) is 8.00. The number of carbonyl (C=O) groups is 1. The van der Waals surface area contributed by atoms with Gasteiger partial charge in [0.2, 0.25) is 5.95 Å². The summed E-state index contributed by atoms with van der Waals surface area (Å²) in [6.07, 6.45) is 4.49. The lowest BCUT2D eigenvalue weighted by Crippen LogP contribution is -2.31. The first-order chi connectivity index (χ1) is 11.6. The number of hydrogen-bond donors (Lipinski definition) is 0. The summed E-state index contributed by atoms with van der Waals surface area (Å²) in [6, 6.07) is 4.26. The van der Waals surface area contributed by atoms with Crippen molar-refractivity contribution >= 4 is 11.9 Å². The number of halogens is 1. The molecule has 6 nitrogen and oxygen atoms in total. The summed E-state index contributed by atoms with van der Waals surface area (Å²) in [5.74, 6) is -0.421. The van der Waals surface area contributed by atoms with E-state index in [4.69, 9.17) is 4.74 Å². The van der Waals surface area contributed by atoms with Crippen molar-refractivity contribution in [3.8, 4) is 0 Å². The number of carbonyl (C=O) groups excluding carboxylic acids is 1. The smallest absolute Gasteiger partial charge is 0.357 e. The number of aryl methyl sites for hydroxylation is 1.